The summed E-state index contributed by atoms with van der Waals surface area (Å²) in [7, 11) is 0. The molecule has 0 aromatic heterocycles. The number of amides is 1. The number of hydrogen-bond donors (Lipinski definition) is 3. The molecular formula is C13H18FN3O2. The fourth-order valence-corrected chi connectivity index (χ4v) is 1.74. The molecular weight excluding hydrogens is 249 g/mol. The highest BCUT2D eigenvalue weighted by Crippen LogP contribution is 2.05. The van der Waals surface area contributed by atoms with Crippen LogP contribution in [0.25, 0.3) is 0 Å². The summed E-state index contributed by atoms with van der Waals surface area (Å²) < 4.78 is 12.9. The van der Waals surface area contributed by atoms with Gasteiger partial charge in [0.1, 0.15) is 5.82 Å². The van der Waals surface area contributed by atoms with E-state index in [2.05, 4.69) is 10.5 Å². The molecule has 0 spiro atoms. The van der Waals surface area contributed by atoms with Gasteiger partial charge in [0.15, 0.2) is 5.84 Å². The molecule has 0 bridgehead atoms. The lowest BCUT2D eigenvalue weighted by Crippen LogP contribution is -2.39. The molecule has 0 aliphatic rings. The molecule has 104 valence electrons. The molecule has 6 heteroatoms. The molecule has 0 aliphatic carbocycles. The summed E-state index contributed by atoms with van der Waals surface area (Å²) in [5.41, 5.74) is 6.22. The van der Waals surface area contributed by atoms with Crippen molar-refractivity contribution in [2.45, 2.75) is 19.8 Å². The average molecular weight is 267 g/mol. The van der Waals surface area contributed by atoms with Crippen molar-refractivity contribution in [3.8, 4) is 0 Å². The Labute approximate surface area is 111 Å². The van der Waals surface area contributed by atoms with Gasteiger partial charge in [-0.15, -0.1) is 0 Å². The molecule has 0 saturated carbocycles. The van der Waals surface area contributed by atoms with Crippen LogP contribution in [0.15, 0.2) is 29.4 Å². The monoisotopic (exact) mass is 267 g/mol. The van der Waals surface area contributed by atoms with Crippen LogP contribution in [0, 0.1) is 11.7 Å². The minimum absolute atomic E-state index is 0.106. The second-order valence-corrected chi connectivity index (χ2v) is 4.16. The van der Waals surface area contributed by atoms with E-state index in [1.54, 1.807) is 19.1 Å². The van der Waals surface area contributed by atoms with Crippen molar-refractivity contribution >= 4 is 11.7 Å². The zero-order valence-corrected chi connectivity index (χ0v) is 10.8. The van der Waals surface area contributed by atoms with Gasteiger partial charge in [0.2, 0.25) is 5.91 Å². The van der Waals surface area contributed by atoms with Crippen LogP contribution >= 0.6 is 0 Å². The number of oxime groups is 1. The summed E-state index contributed by atoms with van der Waals surface area (Å²) >= 11 is 0. The third-order valence-electron chi connectivity index (χ3n) is 2.80. The van der Waals surface area contributed by atoms with E-state index >= 15 is 0 Å². The highest BCUT2D eigenvalue weighted by molar-refractivity contribution is 6.01. The zero-order chi connectivity index (χ0) is 14.3. The molecule has 0 fully saturated rings. The van der Waals surface area contributed by atoms with Gasteiger partial charge in [0, 0.05) is 6.54 Å². The number of carbonyl (C=O) groups excluding carboxylic acids is 1. The van der Waals surface area contributed by atoms with Crippen molar-refractivity contribution in [3.05, 3.63) is 35.6 Å². The van der Waals surface area contributed by atoms with E-state index in [0.29, 0.717) is 19.4 Å². The Kier molecular flexibility index (Phi) is 5.78. The van der Waals surface area contributed by atoms with Gasteiger partial charge in [0.25, 0.3) is 0 Å². The van der Waals surface area contributed by atoms with Crippen LogP contribution in [0.2, 0.25) is 0 Å². The minimum Gasteiger partial charge on any atom is -0.409 e. The molecule has 1 atom stereocenters. The minimum atomic E-state index is -0.641. The smallest absolute Gasteiger partial charge is 0.230 e. The maximum absolute atomic E-state index is 12.9. The lowest BCUT2D eigenvalue weighted by Gasteiger charge is -2.13. The van der Waals surface area contributed by atoms with E-state index in [0.717, 1.165) is 5.56 Å². The number of nitrogens with two attached hydrogens (primary N) is 1. The average Bonchev–Trinajstić information content (AvgIpc) is 2.39. The SMILES string of the molecule is CCC(C(=O)NCCc1cccc(F)c1)C(N)=NO. The van der Waals surface area contributed by atoms with Gasteiger partial charge in [-0.25, -0.2) is 4.39 Å². The molecule has 0 heterocycles. The first-order valence-corrected chi connectivity index (χ1v) is 6.08. The Balaban J connectivity index is 2.46. The van der Waals surface area contributed by atoms with Crippen LogP contribution in [0.4, 0.5) is 4.39 Å². The zero-order valence-electron chi connectivity index (χ0n) is 10.8. The van der Waals surface area contributed by atoms with Gasteiger partial charge in [-0.1, -0.05) is 24.2 Å². The summed E-state index contributed by atoms with van der Waals surface area (Å²) in [6.07, 6.45) is 0.970. The number of rotatable bonds is 6. The van der Waals surface area contributed by atoms with Gasteiger partial charge in [0.05, 0.1) is 5.92 Å². The van der Waals surface area contributed by atoms with Crippen molar-refractivity contribution in [2.24, 2.45) is 16.8 Å². The van der Waals surface area contributed by atoms with E-state index in [-0.39, 0.29) is 17.6 Å². The topological polar surface area (TPSA) is 87.7 Å². The van der Waals surface area contributed by atoms with Gasteiger partial charge >= 0.3 is 0 Å². The standard InChI is InChI=1S/C13H18FN3O2/c1-2-11(12(15)17-19)13(18)16-7-6-9-4-3-5-10(14)8-9/h3-5,8,11,19H,2,6-7H2,1H3,(H2,15,17)(H,16,18). The summed E-state index contributed by atoms with van der Waals surface area (Å²) in [5, 5.41) is 14.1. The quantitative estimate of drug-likeness (QED) is 0.314. The Bertz CT molecular complexity index is 463. The molecule has 19 heavy (non-hydrogen) atoms. The third-order valence-corrected chi connectivity index (χ3v) is 2.80. The summed E-state index contributed by atoms with van der Waals surface area (Å²) in [6.45, 7) is 2.15. The molecule has 1 unspecified atom stereocenters. The Hall–Kier alpha value is -2.11. The van der Waals surface area contributed by atoms with Crippen molar-refractivity contribution in [1.82, 2.24) is 5.32 Å². The second-order valence-electron chi connectivity index (χ2n) is 4.16. The molecule has 0 saturated heterocycles. The lowest BCUT2D eigenvalue weighted by molar-refractivity contribution is -0.123. The Morgan fingerprint density at radius 3 is 2.89 bits per heavy atom. The maximum atomic E-state index is 12.9. The van der Waals surface area contributed by atoms with Gasteiger partial charge in [-0.2, -0.15) is 0 Å². The number of benzene rings is 1. The number of carbonyl (C=O) groups is 1. The summed E-state index contributed by atoms with van der Waals surface area (Å²) in [6, 6.07) is 6.20. The molecule has 1 aromatic carbocycles. The summed E-state index contributed by atoms with van der Waals surface area (Å²) in [4.78, 5) is 11.8. The second kappa shape index (κ2) is 7.35. The fourth-order valence-electron chi connectivity index (χ4n) is 1.74. The van der Waals surface area contributed by atoms with Gasteiger partial charge in [-0.3, -0.25) is 4.79 Å². The van der Waals surface area contributed by atoms with Crippen LogP contribution < -0.4 is 11.1 Å². The highest BCUT2D eigenvalue weighted by Gasteiger charge is 2.20. The first-order chi connectivity index (χ1) is 9.08. The van der Waals surface area contributed by atoms with Crippen molar-refractivity contribution < 1.29 is 14.4 Å². The van der Waals surface area contributed by atoms with Gasteiger partial charge in [-0.05, 0) is 30.5 Å². The van der Waals surface area contributed by atoms with E-state index in [9.17, 15) is 9.18 Å². The molecule has 0 radical (unpaired) electrons. The molecule has 1 amide bonds. The Morgan fingerprint density at radius 1 is 1.58 bits per heavy atom. The predicted octanol–water partition coefficient (Wildman–Crippen LogP) is 1.26. The van der Waals surface area contributed by atoms with Gasteiger partial charge < -0.3 is 16.3 Å². The van der Waals surface area contributed by atoms with Crippen LogP contribution in [0.1, 0.15) is 18.9 Å². The lowest BCUT2D eigenvalue weighted by atomic mass is 10.0. The third kappa shape index (κ3) is 4.57. The van der Waals surface area contributed by atoms with E-state index in [1.165, 1.54) is 12.1 Å². The van der Waals surface area contributed by atoms with Crippen LogP contribution in [0.3, 0.4) is 0 Å². The molecule has 1 rings (SSSR count). The number of amidine groups is 1. The fraction of sp³-hybridized carbons (Fsp3) is 0.385. The number of halogens is 1. The number of nitrogens with zero attached hydrogens (tertiary/aromatic N) is 1. The molecule has 0 aliphatic heterocycles. The van der Waals surface area contributed by atoms with E-state index in [4.69, 9.17) is 10.9 Å². The first-order valence-electron chi connectivity index (χ1n) is 6.08. The highest BCUT2D eigenvalue weighted by atomic mass is 19.1. The van der Waals surface area contributed by atoms with E-state index in [1.807, 2.05) is 0 Å². The van der Waals surface area contributed by atoms with Crippen LogP contribution in [-0.4, -0.2) is 23.5 Å². The largest absolute Gasteiger partial charge is 0.409 e. The van der Waals surface area contributed by atoms with Crippen LogP contribution in [-0.2, 0) is 11.2 Å². The van der Waals surface area contributed by atoms with Crippen LogP contribution in [0.5, 0.6) is 0 Å². The molecule has 4 N–H and O–H groups in total. The van der Waals surface area contributed by atoms with E-state index < -0.39 is 5.92 Å². The number of hydrogen-bond acceptors (Lipinski definition) is 3. The first kappa shape index (κ1) is 14.9. The molecule has 5 nitrogen and oxygen atoms in total. The number of nitrogens with one attached hydrogen (secondary N) is 1. The van der Waals surface area contributed by atoms with Crippen molar-refractivity contribution in [2.75, 3.05) is 6.54 Å². The Morgan fingerprint density at radius 2 is 2.32 bits per heavy atom. The predicted molar refractivity (Wildman–Crippen MR) is 70.3 cm³/mol. The molecule has 1 aromatic rings. The maximum Gasteiger partial charge on any atom is 0.230 e. The normalized spacial score (nSPS) is 13.1. The van der Waals surface area contributed by atoms with Crippen molar-refractivity contribution in [1.29, 1.82) is 0 Å². The summed E-state index contributed by atoms with van der Waals surface area (Å²) in [5.74, 6) is -1.34. The van der Waals surface area contributed by atoms with Crippen molar-refractivity contribution in [3.63, 3.8) is 0 Å².